The Bertz CT molecular complexity index is 1050. The Labute approximate surface area is 152 Å². The van der Waals surface area contributed by atoms with Gasteiger partial charge in [-0.2, -0.15) is 5.10 Å². The fourth-order valence-electron chi connectivity index (χ4n) is 2.98. The van der Waals surface area contributed by atoms with Crippen LogP contribution in [0.1, 0.15) is 18.2 Å². The van der Waals surface area contributed by atoms with Crippen molar-refractivity contribution in [2.24, 2.45) is 0 Å². The highest BCUT2D eigenvalue weighted by Crippen LogP contribution is 2.28. The first-order valence-electron chi connectivity index (χ1n) is 8.76. The van der Waals surface area contributed by atoms with Gasteiger partial charge < -0.3 is 10.6 Å². The molecule has 0 atom stereocenters. The van der Waals surface area contributed by atoms with E-state index >= 15 is 0 Å². The van der Waals surface area contributed by atoms with Crippen LogP contribution in [0.2, 0.25) is 0 Å². The summed E-state index contributed by atoms with van der Waals surface area (Å²) in [6.07, 6.45) is 1.00. The Morgan fingerprint density at radius 1 is 0.923 bits per heavy atom. The van der Waals surface area contributed by atoms with Crippen molar-refractivity contribution in [3.8, 4) is 0 Å². The maximum absolute atomic E-state index is 4.78. The number of pyridine rings is 1. The number of nitrogens with zero attached hydrogens (tertiary/aromatic N) is 2. The number of nitrogens with one attached hydrogen (secondary N) is 3. The summed E-state index contributed by atoms with van der Waals surface area (Å²) in [5, 5.41) is 16.1. The first-order valence-corrected chi connectivity index (χ1v) is 8.76. The van der Waals surface area contributed by atoms with Gasteiger partial charge in [0.2, 0.25) is 0 Å². The predicted molar refractivity (Wildman–Crippen MR) is 107 cm³/mol. The van der Waals surface area contributed by atoms with E-state index in [9.17, 15) is 0 Å². The Kier molecular flexibility index (Phi) is 4.27. The van der Waals surface area contributed by atoms with E-state index in [-0.39, 0.29) is 0 Å². The van der Waals surface area contributed by atoms with Gasteiger partial charge in [-0.1, -0.05) is 43.3 Å². The molecule has 2 aromatic heterocycles. The highest BCUT2D eigenvalue weighted by atomic mass is 15.2. The molecule has 2 aromatic carbocycles. The lowest BCUT2D eigenvalue weighted by Gasteiger charge is -2.12. The van der Waals surface area contributed by atoms with Crippen LogP contribution in [0.5, 0.6) is 0 Å². The number of H-pyrrole nitrogens is 1. The molecular formula is C21H21N5. The van der Waals surface area contributed by atoms with Crippen LogP contribution in [-0.4, -0.2) is 15.2 Å². The smallest absolute Gasteiger partial charge is 0.153 e. The zero-order chi connectivity index (χ0) is 17.9. The summed E-state index contributed by atoms with van der Waals surface area (Å²) in [6.45, 7) is 4.13. The molecule has 0 fully saturated rings. The Morgan fingerprint density at radius 2 is 1.81 bits per heavy atom. The molecule has 4 aromatic rings. The molecule has 4 rings (SSSR count). The van der Waals surface area contributed by atoms with Gasteiger partial charge in [0.05, 0.1) is 0 Å². The minimum Gasteiger partial charge on any atom is -0.340 e. The molecule has 0 saturated carbocycles. The van der Waals surface area contributed by atoms with E-state index in [0.29, 0.717) is 0 Å². The molecule has 0 unspecified atom stereocenters. The van der Waals surface area contributed by atoms with E-state index in [0.717, 1.165) is 46.0 Å². The van der Waals surface area contributed by atoms with Crippen molar-refractivity contribution >= 4 is 33.9 Å². The monoisotopic (exact) mass is 343 g/mol. The lowest BCUT2D eigenvalue weighted by molar-refractivity contribution is 1.05. The molecule has 0 saturated heterocycles. The molecule has 0 bridgehead atoms. The van der Waals surface area contributed by atoms with Gasteiger partial charge in [0, 0.05) is 22.8 Å². The minimum absolute atomic E-state index is 0.754. The molecule has 0 aliphatic heterocycles. The van der Waals surface area contributed by atoms with Crippen LogP contribution < -0.4 is 10.6 Å². The SMILES string of the molecule is CCc1cccc(Nc2nc(Nc3cc(C)[nH]n3)cc3ccccc23)c1. The van der Waals surface area contributed by atoms with Crippen molar-refractivity contribution in [1.29, 1.82) is 0 Å². The fourth-order valence-corrected chi connectivity index (χ4v) is 2.98. The molecule has 2 heterocycles. The van der Waals surface area contributed by atoms with E-state index in [1.807, 2.05) is 31.2 Å². The molecule has 0 aliphatic rings. The normalized spacial score (nSPS) is 10.8. The average molecular weight is 343 g/mol. The average Bonchev–Trinajstić information content (AvgIpc) is 3.06. The van der Waals surface area contributed by atoms with Crippen LogP contribution in [0.3, 0.4) is 0 Å². The van der Waals surface area contributed by atoms with Crippen molar-refractivity contribution in [2.45, 2.75) is 20.3 Å². The van der Waals surface area contributed by atoms with Gasteiger partial charge >= 0.3 is 0 Å². The summed E-state index contributed by atoms with van der Waals surface area (Å²) in [4.78, 5) is 4.78. The number of hydrogen-bond acceptors (Lipinski definition) is 4. The second-order valence-electron chi connectivity index (χ2n) is 6.32. The Morgan fingerprint density at radius 3 is 2.62 bits per heavy atom. The summed E-state index contributed by atoms with van der Waals surface area (Å²) >= 11 is 0. The Balaban J connectivity index is 1.74. The second-order valence-corrected chi connectivity index (χ2v) is 6.32. The molecule has 0 spiro atoms. The lowest BCUT2D eigenvalue weighted by atomic mass is 10.1. The standard InChI is InChI=1S/C21H21N5/c1-3-15-7-6-9-17(12-15)22-21-18-10-5-4-8-16(18)13-19(24-21)23-20-11-14(2)25-26-20/h4-13H,3H2,1-2H3,(H3,22,23,24,25,26). The molecule has 0 amide bonds. The van der Waals surface area contributed by atoms with Gasteiger partial charge in [-0.25, -0.2) is 4.98 Å². The van der Waals surface area contributed by atoms with E-state index < -0.39 is 0 Å². The van der Waals surface area contributed by atoms with Crippen LogP contribution in [0.4, 0.5) is 23.1 Å². The van der Waals surface area contributed by atoms with Crippen molar-refractivity contribution in [1.82, 2.24) is 15.2 Å². The van der Waals surface area contributed by atoms with Crippen LogP contribution in [0, 0.1) is 6.92 Å². The van der Waals surface area contributed by atoms with Crippen LogP contribution in [0.25, 0.3) is 10.8 Å². The van der Waals surface area contributed by atoms with Gasteiger partial charge in [0.15, 0.2) is 5.82 Å². The molecule has 26 heavy (non-hydrogen) atoms. The third-order valence-electron chi connectivity index (χ3n) is 4.30. The molecule has 5 heteroatoms. The van der Waals surface area contributed by atoms with Crippen LogP contribution >= 0.6 is 0 Å². The van der Waals surface area contributed by atoms with Gasteiger partial charge in [0.25, 0.3) is 0 Å². The van der Waals surface area contributed by atoms with Gasteiger partial charge in [-0.15, -0.1) is 0 Å². The van der Waals surface area contributed by atoms with Crippen LogP contribution in [-0.2, 0) is 6.42 Å². The predicted octanol–water partition coefficient (Wildman–Crippen LogP) is 5.32. The Hall–Kier alpha value is -3.34. The van der Waals surface area contributed by atoms with Crippen molar-refractivity contribution in [2.75, 3.05) is 10.6 Å². The quantitative estimate of drug-likeness (QED) is 0.459. The number of rotatable bonds is 5. The topological polar surface area (TPSA) is 65.6 Å². The second kappa shape index (κ2) is 6.88. The molecule has 130 valence electrons. The number of aromatic amines is 1. The zero-order valence-electron chi connectivity index (χ0n) is 14.9. The van der Waals surface area contributed by atoms with Crippen LogP contribution in [0.15, 0.2) is 60.7 Å². The summed E-state index contributed by atoms with van der Waals surface area (Å²) in [7, 11) is 0. The molecule has 5 nitrogen and oxygen atoms in total. The van der Waals surface area contributed by atoms with Gasteiger partial charge in [-0.05, 0) is 42.5 Å². The highest BCUT2D eigenvalue weighted by molar-refractivity contribution is 5.95. The summed E-state index contributed by atoms with van der Waals surface area (Å²) < 4.78 is 0. The van der Waals surface area contributed by atoms with E-state index in [1.165, 1.54) is 5.56 Å². The van der Waals surface area contributed by atoms with Crippen molar-refractivity contribution in [3.05, 3.63) is 71.9 Å². The van der Waals surface area contributed by atoms with E-state index in [1.54, 1.807) is 0 Å². The number of fused-ring (bicyclic) bond motifs is 1. The third kappa shape index (κ3) is 3.37. The van der Waals surface area contributed by atoms with Crippen molar-refractivity contribution in [3.63, 3.8) is 0 Å². The van der Waals surface area contributed by atoms with Gasteiger partial charge in [0.1, 0.15) is 11.6 Å². The number of aromatic nitrogens is 3. The first kappa shape index (κ1) is 16.1. The van der Waals surface area contributed by atoms with Gasteiger partial charge in [-0.3, -0.25) is 5.10 Å². The third-order valence-corrected chi connectivity index (χ3v) is 4.30. The minimum atomic E-state index is 0.754. The number of anilines is 4. The number of hydrogen-bond donors (Lipinski definition) is 3. The maximum Gasteiger partial charge on any atom is 0.153 e. The maximum atomic E-state index is 4.78. The largest absolute Gasteiger partial charge is 0.340 e. The van der Waals surface area contributed by atoms with E-state index in [4.69, 9.17) is 4.98 Å². The molecule has 0 radical (unpaired) electrons. The fraction of sp³-hybridized carbons (Fsp3) is 0.143. The summed E-state index contributed by atoms with van der Waals surface area (Å²) in [5.41, 5.74) is 3.33. The summed E-state index contributed by atoms with van der Waals surface area (Å²) in [5.74, 6) is 2.33. The summed E-state index contributed by atoms with van der Waals surface area (Å²) in [6, 6.07) is 20.6. The molecule has 0 aliphatic carbocycles. The molecule has 3 N–H and O–H groups in total. The number of benzene rings is 2. The zero-order valence-corrected chi connectivity index (χ0v) is 14.9. The van der Waals surface area contributed by atoms with Crippen molar-refractivity contribution < 1.29 is 0 Å². The van der Waals surface area contributed by atoms with E-state index in [2.05, 4.69) is 64.2 Å². The highest BCUT2D eigenvalue weighted by Gasteiger charge is 2.08. The lowest BCUT2D eigenvalue weighted by Crippen LogP contribution is -2.00. The first-order chi connectivity index (χ1) is 12.7. The molecular weight excluding hydrogens is 322 g/mol. The number of aryl methyl sites for hydroxylation is 2.